The number of amides is 1. The summed E-state index contributed by atoms with van der Waals surface area (Å²) in [5, 5.41) is 15.0. The quantitative estimate of drug-likeness (QED) is 0.628. The van der Waals surface area contributed by atoms with E-state index in [0.29, 0.717) is 12.5 Å². The van der Waals surface area contributed by atoms with Crippen LogP contribution < -0.4 is 10.6 Å². The summed E-state index contributed by atoms with van der Waals surface area (Å²) in [7, 11) is 0. The number of hydrogen-bond acceptors (Lipinski definition) is 3. The minimum Gasteiger partial charge on any atom is -0.355 e. The Hall–Kier alpha value is -1.08. The molecule has 0 aromatic rings. The van der Waals surface area contributed by atoms with Crippen LogP contribution in [0.5, 0.6) is 0 Å². The van der Waals surface area contributed by atoms with Crippen LogP contribution in [0.2, 0.25) is 0 Å². The Bertz CT molecular complexity index is 290. The average molecular weight is 237 g/mol. The van der Waals surface area contributed by atoms with Crippen LogP contribution in [0, 0.1) is 22.7 Å². The van der Waals surface area contributed by atoms with Crippen molar-refractivity contribution in [2.75, 3.05) is 19.6 Å². The number of carbonyl (C=O) groups is 1. The van der Waals surface area contributed by atoms with Gasteiger partial charge in [0.15, 0.2) is 0 Å². The highest BCUT2D eigenvalue weighted by Gasteiger charge is 2.28. The van der Waals surface area contributed by atoms with E-state index in [-0.39, 0.29) is 11.3 Å². The average Bonchev–Trinajstić information content (AvgIpc) is 3.11. The summed E-state index contributed by atoms with van der Waals surface area (Å²) in [4.78, 5) is 11.3. The van der Waals surface area contributed by atoms with Crippen molar-refractivity contribution in [3.8, 4) is 6.07 Å². The molecule has 1 fully saturated rings. The van der Waals surface area contributed by atoms with Crippen molar-refractivity contribution in [1.29, 1.82) is 5.26 Å². The van der Waals surface area contributed by atoms with Gasteiger partial charge in [-0.25, -0.2) is 0 Å². The van der Waals surface area contributed by atoms with Crippen molar-refractivity contribution in [2.24, 2.45) is 11.3 Å². The Labute approximate surface area is 104 Å². The van der Waals surface area contributed by atoms with E-state index in [4.69, 9.17) is 5.26 Å². The molecule has 0 saturated heterocycles. The van der Waals surface area contributed by atoms with Gasteiger partial charge in [0.25, 0.3) is 0 Å². The van der Waals surface area contributed by atoms with Gasteiger partial charge in [-0.15, -0.1) is 0 Å². The van der Waals surface area contributed by atoms with E-state index in [1.54, 1.807) is 0 Å². The van der Waals surface area contributed by atoms with Crippen LogP contribution >= 0.6 is 0 Å². The molecule has 0 atom stereocenters. The standard InChI is InChI=1S/C13H23N3O/c1-13(2,10-14)6-3-7-15-8-9-16-12(17)11-4-5-11/h11,15H,3-9H2,1-2H3,(H,16,17). The molecule has 0 unspecified atom stereocenters. The van der Waals surface area contributed by atoms with Gasteiger partial charge in [-0.3, -0.25) is 4.79 Å². The normalized spacial score (nSPS) is 15.4. The molecule has 4 heteroatoms. The lowest BCUT2D eigenvalue weighted by molar-refractivity contribution is -0.122. The zero-order valence-corrected chi connectivity index (χ0v) is 10.9. The van der Waals surface area contributed by atoms with Crippen molar-refractivity contribution in [2.45, 2.75) is 39.5 Å². The van der Waals surface area contributed by atoms with E-state index < -0.39 is 0 Å². The second-order valence-corrected chi connectivity index (χ2v) is 5.41. The first-order valence-corrected chi connectivity index (χ1v) is 6.45. The number of nitriles is 1. The van der Waals surface area contributed by atoms with Gasteiger partial charge < -0.3 is 10.6 Å². The third kappa shape index (κ3) is 6.28. The molecule has 0 bridgehead atoms. The SMILES string of the molecule is CC(C)(C#N)CCCNCCNC(=O)C1CC1. The fraction of sp³-hybridized carbons (Fsp3) is 0.846. The summed E-state index contributed by atoms with van der Waals surface area (Å²) in [5.41, 5.74) is -0.220. The van der Waals surface area contributed by atoms with E-state index >= 15 is 0 Å². The van der Waals surface area contributed by atoms with E-state index in [0.717, 1.165) is 38.8 Å². The molecule has 96 valence electrons. The largest absolute Gasteiger partial charge is 0.355 e. The highest BCUT2D eigenvalue weighted by atomic mass is 16.2. The van der Waals surface area contributed by atoms with Crippen LogP contribution in [0.4, 0.5) is 0 Å². The van der Waals surface area contributed by atoms with Crippen molar-refractivity contribution >= 4 is 5.91 Å². The number of hydrogen-bond donors (Lipinski definition) is 2. The predicted molar refractivity (Wildman–Crippen MR) is 67.2 cm³/mol. The van der Waals surface area contributed by atoms with Gasteiger partial charge in [-0.1, -0.05) is 0 Å². The molecule has 1 aliphatic rings. The molecular formula is C13H23N3O. The Kier molecular flexibility index (Phi) is 5.43. The summed E-state index contributed by atoms with van der Waals surface area (Å²) in [5.74, 6) is 0.504. The lowest BCUT2D eigenvalue weighted by Crippen LogP contribution is -2.33. The van der Waals surface area contributed by atoms with Crippen molar-refractivity contribution in [3.05, 3.63) is 0 Å². The van der Waals surface area contributed by atoms with Gasteiger partial charge in [-0.05, 0) is 46.1 Å². The molecule has 1 aliphatic carbocycles. The molecule has 0 radical (unpaired) electrons. The van der Waals surface area contributed by atoms with E-state index in [9.17, 15) is 4.79 Å². The summed E-state index contributed by atoms with van der Waals surface area (Å²) in [6.07, 6.45) is 4.02. The van der Waals surface area contributed by atoms with Crippen LogP contribution in [0.15, 0.2) is 0 Å². The van der Waals surface area contributed by atoms with Crippen molar-refractivity contribution in [1.82, 2.24) is 10.6 Å². The number of nitrogens with zero attached hydrogens (tertiary/aromatic N) is 1. The number of carbonyl (C=O) groups excluding carboxylic acids is 1. The molecule has 17 heavy (non-hydrogen) atoms. The Morgan fingerprint density at radius 3 is 2.65 bits per heavy atom. The Balaban J connectivity index is 1.87. The maximum absolute atomic E-state index is 11.3. The maximum Gasteiger partial charge on any atom is 0.223 e. The maximum atomic E-state index is 11.3. The van der Waals surface area contributed by atoms with Gasteiger partial charge in [0.1, 0.15) is 0 Å². The molecular weight excluding hydrogens is 214 g/mol. The molecule has 0 aromatic carbocycles. The fourth-order valence-corrected chi connectivity index (χ4v) is 1.60. The Morgan fingerprint density at radius 1 is 1.35 bits per heavy atom. The summed E-state index contributed by atoms with van der Waals surface area (Å²) in [6.45, 7) is 6.35. The van der Waals surface area contributed by atoms with Crippen LogP contribution in [-0.2, 0) is 4.79 Å². The van der Waals surface area contributed by atoms with Gasteiger partial charge in [0, 0.05) is 19.0 Å². The Morgan fingerprint density at radius 2 is 2.06 bits per heavy atom. The van der Waals surface area contributed by atoms with Gasteiger partial charge in [0.05, 0.1) is 11.5 Å². The van der Waals surface area contributed by atoms with Crippen molar-refractivity contribution in [3.63, 3.8) is 0 Å². The predicted octanol–water partition coefficient (Wildman–Crippen LogP) is 1.43. The lowest BCUT2D eigenvalue weighted by atomic mass is 9.90. The number of rotatable bonds is 8. The van der Waals surface area contributed by atoms with Crippen molar-refractivity contribution < 1.29 is 4.79 Å². The molecule has 1 amide bonds. The van der Waals surface area contributed by atoms with Crippen LogP contribution in [0.3, 0.4) is 0 Å². The van der Waals surface area contributed by atoms with Crippen LogP contribution in [0.25, 0.3) is 0 Å². The minimum absolute atomic E-state index is 0.206. The summed E-state index contributed by atoms with van der Waals surface area (Å²) >= 11 is 0. The second kappa shape index (κ2) is 6.61. The monoisotopic (exact) mass is 237 g/mol. The van der Waals surface area contributed by atoms with E-state index in [1.807, 2.05) is 13.8 Å². The van der Waals surface area contributed by atoms with E-state index in [1.165, 1.54) is 0 Å². The highest BCUT2D eigenvalue weighted by molar-refractivity contribution is 5.80. The van der Waals surface area contributed by atoms with Crippen LogP contribution in [0.1, 0.15) is 39.5 Å². The zero-order chi connectivity index (χ0) is 12.7. The van der Waals surface area contributed by atoms with Crippen LogP contribution in [-0.4, -0.2) is 25.5 Å². The molecule has 4 nitrogen and oxygen atoms in total. The molecule has 1 rings (SSSR count). The van der Waals surface area contributed by atoms with E-state index in [2.05, 4.69) is 16.7 Å². The molecule has 0 spiro atoms. The summed E-state index contributed by atoms with van der Waals surface area (Å²) < 4.78 is 0. The molecule has 0 heterocycles. The van der Waals surface area contributed by atoms with Gasteiger partial charge in [0.2, 0.25) is 5.91 Å². The number of nitrogens with one attached hydrogen (secondary N) is 2. The topological polar surface area (TPSA) is 64.9 Å². The third-order valence-electron chi connectivity index (χ3n) is 3.01. The molecule has 0 aliphatic heterocycles. The fourth-order valence-electron chi connectivity index (χ4n) is 1.60. The van der Waals surface area contributed by atoms with Gasteiger partial charge in [-0.2, -0.15) is 5.26 Å². The highest BCUT2D eigenvalue weighted by Crippen LogP contribution is 2.28. The lowest BCUT2D eigenvalue weighted by Gasteiger charge is -2.14. The summed E-state index contributed by atoms with van der Waals surface area (Å²) in [6, 6.07) is 2.29. The molecule has 2 N–H and O–H groups in total. The minimum atomic E-state index is -0.220. The molecule has 0 aromatic heterocycles. The van der Waals surface area contributed by atoms with Gasteiger partial charge >= 0.3 is 0 Å². The first-order chi connectivity index (χ1) is 8.05. The third-order valence-corrected chi connectivity index (χ3v) is 3.01. The molecule has 1 saturated carbocycles. The smallest absolute Gasteiger partial charge is 0.223 e. The first-order valence-electron chi connectivity index (χ1n) is 6.45. The zero-order valence-electron chi connectivity index (χ0n) is 10.9. The second-order valence-electron chi connectivity index (χ2n) is 5.41. The first kappa shape index (κ1) is 14.0.